The van der Waals surface area contributed by atoms with Gasteiger partial charge in [-0.3, -0.25) is 0 Å². The van der Waals surface area contributed by atoms with Crippen LogP contribution in [-0.2, 0) is 14.3 Å². The number of ether oxygens (including phenoxy) is 2. The number of carboxylic acids is 1. The van der Waals surface area contributed by atoms with E-state index in [0.717, 1.165) is 24.3 Å². The number of phenolic OH excluding ortho intramolecular Hbond substituents is 6. The van der Waals surface area contributed by atoms with Crippen LogP contribution in [0.4, 0.5) is 0 Å². The number of carbonyl (C=O) groups excluding carboxylic acids is 2. The fourth-order valence-electron chi connectivity index (χ4n) is 3.48. The maximum absolute atomic E-state index is 12.5. The van der Waals surface area contributed by atoms with Crippen molar-refractivity contribution < 1.29 is 69.8 Å². The SMILES string of the molecule is O=C(OC1CC(O)(C(=O)O)CC(OC(=O)c2cc(O)c(O)c(O)c2)C1O)c1cc(O)c(O)c(O)c1. The van der Waals surface area contributed by atoms with E-state index in [2.05, 4.69) is 0 Å². The van der Waals surface area contributed by atoms with Gasteiger partial charge in [0, 0.05) is 12.8 Å². The molecule has 14 nitrogen and oxygen atoms in total. The monoisotopic (exact) mass is 496 g/mol. The smallest absolute Gasteiger partial charge is 0.338 e. The summed E-state index contributed by atoms with van der Waals surface area (Å²) in [5, 5.41) is 87.5. The van der Waals surface area contributed by atoms with Crippen molar-refractivity contribution in [3.63, 3.8) is 0 Å². The van der Waals surface area contributed by atoms with Crippen molar-refractivity contribution in [1.82, 2.24) is 0 Å². The van der Waals surface area contributed by atoms with Gasteiger partial charge in [0.1, 0.15) is 18.3 Å². The summed E-state index contributed by atoms with van der Waals surface area (Å²) in [4.78, 5) is 36.6. The zero-order chi connectivity index (χ0) is 26.2. The van der Waals surface area contributed by atoms with E-state index in [1.54, 1.807) is 0 Å². The maximum atomic E-state index is 12.5. The van der Waals surface area contributed by atoms with Gasteiger partial charge in [0.2, 0.25) is 0 Å². The van der Waals surface area contributed by atoms with E-state index < -0.39 is 100 Å². The van der Waals surface area contributed by atoms with Crippen molar-refractivity contribution in [2.75, 3.05) is 0 Å². The van der Waals surface area contributed by atoms with Crippen LogP contribution in [0.15, 0.2) is 24.3 Å². The molecule has 2 aromatic carbocycles. The molecule has 14 heteroatoms. The molecular weight excluding hydrogens is 476 g/mol. The topological polar surface area (TPSA) is 252 Å². The highest BCUT2D eigenvalue weighted by atomic mass is 16.6. The Balaban J connectivity index is 1.86. The Kier molecular flexibility index (Phi) is 6.53. The maximum Gasteiger partial charge on any atom is 0.338 e. The molecule has 0 spiro atoms. The van der Waals surface area contributed by atoms with Crippen molar-refractivity contribution in [1.29, 1.82) is 0 Å². The number of carbonyl (C=O) groups is 3. The van der Waals surface area contributed by atoms with E-state index in [1.165, 1.54) is 0 Å². The number of phenols is 6. The highest BCUT2D eigenvalue weighted by Gasteiger charge is 2.52. The van der Waals surface area contributed by atoms with Gasteiger partial charge in [0.15, 0.2) is 40.1 Å². The number of esters is 2. The van der Waals surface area contributed by atoms with Crippen LogP contribution in [0.25, 0.3) is 0 Å². The third kappa shape index (κ3) is 4.92. The minimum absolute atomic E-state index is 0.502. The van der Waals surface area contributed by atoms with Gasteiger partial charge in [-0.2, -0.15) is 0 Å². The summed E-state index contributed by atoms with van der Waals surface area (Å²) < 4.78 is 10.1. The lowest BCUT2D eigenvalue weighted by atomic mass is 9.79. The molecular formula is C21H20O14. The van der Waals surface area contributed by atoms with Crippen molar-refractivity contribution in [3.05, 3.63) is 35.4 Å². The van der Waals surface area contributed by atoms with Gasteiger partial charge in [-0.1, -0.05) is 0 Å². The van der Waals surface area contributed by atoms with Gasteiger partial charge in [-0.05, 0) is 24.3 Å². The van der Waals surface area contributed by atoms with E-state index >= 15 is 0 Å². The standard InChI is InChI=1S/C21H20O14/c22-9-1-7(2-10(23)15(9)26)18(29)34-13-5-21(33,20(31)32)6-14(17(13)28)35-19(30)8-3-11(24)16(27)12(25)4-8/h1-4,13-14,17,22-28,33H,5-6H2,(H,31,32). The summed E-state index contributed by atoms with van der Waals surface area (Å²) in [6, 6.07) is 2.88. The second-order valence-electron chi connectivity index (χ2n) is 7.85. The summed E-state index contributed by atoms with van der Waals surface area (Å²) >= 11 is 0. The Morgan fingerprint density at radius 2 is 1.03 bits per heavy atom. The zero-order valence-electron chi connectivity index (χ0n) is 17.5. The van der Waals surface area contributed by atoms with Crippen LogP contribution >= 0.6 is 0 Å². The van der Waals surface area contributed by atoms with Crippen molar-refractivity contribution in [2.45, 2.75) is 36.8 Å². The molecule has 0 saturated heterocycles. The Morgan fingerprint density at radius 3 is 1.31 bits per heavy atom. The summed E-state index contributed by atoms with van der Waals surface area (Å²) in [6.07, 6.45) is -7.08. The molecule has 2 atom stereocenters. The summed E-state index contributed by atoms with van der Waals surface area (Å²) in [5.74, 6) is -9.74. The molecule has 2 aromatic rings. The number of carboxylic acid groups (broad SMARTS) is 1. The Labute approximate surface area is 195 Å². The number of aliphatic hydroxyl groups is 2. The molecule has 9 N–H and O–H groups in total. The first-order valence-electron chi connectivity index (χ1n) is 9.79. The highest BCUT2D eigenvalue weighted by Crippen LogP contribution is 2.38. The quantitative estimate of drug-likeness (QED) is 0.189. The largest absolute Gasteiger partial charge is 0.504 e. The molecule has 0 heterocycles. The number of aromatic hydroxyl groups is 6. The molecule has 1 saturated carbocycles. The molecule has 2 unspecified atom stereocenters. The zero-order valence-corrected chi connectivity index (χ0v) is 17.5. The Morgan fingerprint density at radius 1 is 0.714 bits per heavy atom. The minimum Gasteiger partial charge on any atom is -0.504 e. The molecule has 188 valence electrons. The van der Waals surface area contributed by atoms with Gasteiger partial charge in [0.25, 0.3) is 0 Å². The fourth-order valence-corrected chi connectivity index (χ4v) is 3.48. The first kappa shape index (κ1) is 25.2. The second-order valence-corrected chi connectivity index (χ2v) is 7.85. The van der Waals surface area contributed by atoms with Gasteiger partial charge in [-0.15, -0.1) is 0 Å². The molecule has 0 aromatic heterocycles. The summed E-state index contributed by atoms with van der Waals surface area (Å²) in [7, 11) is 0. The molecule has 1 aliphatic rings. The number of aliphatic carboxylic acids is 1. The van der Waals surface area contributed by atoms with Crippen LogP contribution in [0.5, 0.6) is 34.5 Å². The highest BCUT2D eigenvalue weighted by molar-refractivity contribution is 5.92. The van der Waals surface area contributed by atoms with E-state index in [9.17, 15) is 60.3 Å². The molecule has 35 heavy (non-hydrogen) atoms. The molecule has 1 fully saturated rings. The fraction of sp³-hybridized carbons (Fsp3) is 0.286. The third-order valence-electron chi connectivity index (χ3n) is 5.37. The lowest BCUT2D eigenvalue weighted by Crippen LogP contribution is -2.58. The Hall–Kier alpha value is -4.43. The molecule has 0 bridgehead atoms. The Bertz CT molecular complexity index is 1060. The van der Waals surface area contributed by atoms with E-state index in [-0.39, 0.29) is 0 Å². The van der Waals surface area contributed by atoms with Crippen LogP contribution < -0.4 is 0 Å². The molecule has 0 aliphatic heterocycles. The average Bonchev–Trinajstić information content (AvgIpc) is 2.77. The lowest BCUT2D eigenvalue weighted by Gasteiger charge is -2.40. The van der Waals surface area contributed by atoms with Crippen molar-refractivity contribution in [2.24, 2.45) is 0 Å². The van der Waals surface area contributed by atoms with E-state index in [0.29, 0.717) is 0 Å². The third-order valence-corrected chi connectivity index (χ3v) is 5.37. The first-order chi connectivity index (χ1) is 16.2. The molecule has 1 aliphatic carbocycles. The number of aliphatic hydroxyl groups excluding tert-OH is 1. The number of benzene rings is 2. The first-order valence-corrected chi connectivity index (χ1v) is 9.79. The number of rotatable bonds is 5. The van der Waals surface area contributed by atoms with Crippen LogP contribution in [-0.4, -0.2) is 87.8 Å². The van der Waals surface area contributed by atoms with Crippen molar-refractivity contribution in [3.8, 4) is 34.5 Å². The second kappa shape index (κ2) is 9.08. The van der Waals surface area contributed by atoms with Crippen LogP contribution in [0, 0.1) is 0 Å². The normalized spacial score (nSPS) is 23.9. The van der Waals surface area contributed by atoms with Gasteiger partial charge < -0.3 is 55.4 Å². The summed E-state index contributed by atoms with van der Waals surface area (Å²) in [6.45, 7) is 0. The minimum atomic E-state index is -2.63. The average molecular weight is 496 g/mol. The van der Waals surface area contributed by atoms with Gasteiger partial charge in [0.05, 0.1) is 11.1 Å². The van der Waals surface area contributed by atoms with Gasteiger partial charge >= 0.3 is 17.9 Å². The molecule has 0 amide bonds. The van der Waals surface area contributed by atoms with Crippen LogP contribution in [0.2, 0.25) is 0 Å². The predicted molar refractivity (Wildman–Crippen MR) is 109 cm³/mol. The van der Waals surface area contributed by atoms with E-state index in [1.807, 2.05) is 0 Å². The van der Waals surface area contributed by atoms with Crippen molar-refractivity contribution >= 4 is 17.9 Å². The summed E-state index contributed by atoms with van der Waals surface area (Å²) in [5.41, 5.74) is -3.64. The molecule has 3 rings (SSSR count). The predicted octanol–water partition coefficient (Wildman–Crippen LogP) is -0.358. The van der Waals surface area contributed by atoms with Crippen LogP contribution in [0.3, 0.4) is 0 Å². The van der Waals surface area contributed by atoms with E-state index in [4.69, 9.17) is 9.47 Å². The van der Waals surface area contributed by atoms with Gasteiger partial charge in [-0.25, -0.2) is 14.4 Å². The number of hydrogen-bond donors (Lipinski definition) is 9. The molecule has 0 radical (unpaired) electrons. The number of hydrogen-bond acceptors (Lipinski definition) is 13. The van der Waals surface area contributed by atoms with Crippen LogP contribution in [0.1, 0.15) is 33.6 Å². The lowest BCUT2D eigenvalue weighted by molar-refractivity contribution is -0.187.